The number of β-amino-alcohol motifs (C(OH)–C–C–N with tert-alkyl or cyclic N) is 1. The summed E-state index contributed by atoms with van der Waals surface area (Å²) in [5.74, 6) is -3.08. The quantitative estimate of drug-likeness (QED) is 0.322. The second kappa shape index (κ2) is 11.1. The summed E-state index contributed by atoms with van der Waals surface area (Å²) in [6.07, 6.45) is 3.56. The molecule has 0 radical (unpaired) electrons. The number of nitrogens with zero attached hydrogens (tertiary/aromatic N) is 3. The van der Waals surface area contributed by atoms with Crippen molar-refractivity contribution >= 4 is 29.2 Å². The molecule has 3 unspecified atom stereocenters. The molecule has 212 valence electrons. The summed E-state index contributed by atoms with van der Waals surface area (Å²) < 4.78 is 12.1. The van der Waals surface area contributed by atoms with E-state index in [4.69, 9.17) is 9.47 Å². The molecule has 0 aliphatic carbocycles. The van der Waals surface area contributed by atoms with Crippen LogP contribution in [-0.2, 0) is 23.9 Å². The SMILES string of the molecule is C=CCOC(=O)[C@H]1[C@H]2C(=O)N(CCO)C(C(=O)N(CC=C)c3ccc(N(CC)CC)cc3)C23CC(C)[C@]1(C)O3. The third kappa shape index (κ3) is 4.45. The van der Waals surface area contributed by atoms with Crippen LogP contribution in [0.15, 0.2) is 49.6 Å². The number of ether oxygens (including phenoxy) is 2. The van der Waals surface area contributed by atoms with Crippen LogP contribution in [-0.4, -0.2) is 84.4 Å². The molecule has 39 heavy (non-hydrogen) atoms. The number of rotatable bonds is 12. The highest BCUT2D eigenvalue weighted by Gasteiger charge is 2.80. The van der Waals surface area contributed by atoms with E-state index in [9.17, 15) is 19.5 Å². The molecule has 1 N–H and O–H groups in total. The van der Waals surface area contributed by atoms with Crippen molar-refractivity contribution in [2.24, 2.45) is 17.8 Å². The van der Waals surface area contributed by atoms with Gasteiger partial charge in [0.05, 0.1) is 18.1 Å². The van der Waals surface area contributed by atoms with E-state index in [0.717, 1.165) is 18.8 Å². The van der Waals surface area contributed by atoms with Gasteiger partial charge in [-0.05, 0) is 57.4 Å². The highest BCUT2D eigenvalue weighted by Crippen LogP contribution is 2.65. The standard InChI is InChI=1S/C30H41N3O6/c1-7-15-32(22-13-11-21(12-14-22)31(9-3)10-4)27(36)25-30-19-20(5)29(6,39-30)24(28(37)38-18-8-2)23(30)26(35)33(25)16-17-34/h7-8,11-14,20,23-25,34H,1-2,9-10,15-19H2,3-6H3/t20?,23-,24+,25?,29-,30?/m0/s1. The molecule has 1 aromatic rings. The van der Waals surface area contributed by atoms with Crippen LogP contribution in [0.3, 0.4) is 0 Å². The summed E-state index contributed by atoms with van der Waals surface area (Å²) in [7, 11) is 0. The average molecular weight is 540 g/mol. The van der Waals surface area contributed by atoms with Gasteiger partial charge in [-0.15, -0.1) is 6.58 Å². The zero-order valence-corrected chi connectivity index (χ0v) is 23.5. The zero-order chi connectivity index (χ0) is 28.5. The Morgan fingerprint density at radius 1 is 1.18 bits per heavy atom. The number of anilines is 2. The monoisotopic (exact) mass is 539 g/mol. The summed E-state index contributed by atoms with van der Waals surface area (Å²) in [5.41, 5.74) is -0.458. The molecule has 2 amide bonds. The third-order valence-corrected chi connectivity index (χ3v) is 8.85. The van der Waals surface area contributed by atoms with Gasteiger partial charge in [-0.25, -0.2) is 0 Å². The van der Waals surface area contributed by atoms with Crippen molar-refractivity contribution in [1.82, 2.24) is 4.90 Å². The number of carbonyl (C=O) groups is 3. The van der Waals surface area contributed by atoms with Crippen LogP contribution in [0.5, 0.6) is 0 Å². The number of esters is 1. The fraction of sp³-hybridized carbons (Fsp3) is 0.567. The van der Waals surface area contributed by atoms with Gasteiger partial charge >= 0.3 is 5.97 Å². The van der Waals surface area contributed by atoms with E-state index in [1.54, 1.807) is 11.0 Å². The summed E-state index contributed by atoms with van der Waals surface area (Å²) in [6.45, 7) is 17.1. The molecular weight excluding hydrogens is 498 g/mol. The minimum absolute atomic E-state index is 0.0209. The fourth-order valence-corrected chi connectivity index (χ4v) is 6.99. The van der Waals surface area contributed by atoms with Gasteiger partial charge < -0.3 is 29.3 Å². The maximum absolute atomic E-state index is 14.5. The predicted molar refractivity (Wildman–Crippen MR) is 149 cm³/mol. The average Bonchev–Trinajstić information content (AvgIpc) is 3.43. The number of likely N-dealkylation sites (tertiary alicyclic amines) is 1. The Labute approximate surface area is 231 Å². The van der Waals surface area contributed by atoms with Crippen LogP contribution >= 0.6 is 0 Å². The van der Waals surface area contributed by atoms with Crippen LogP contribution in [0.4, 0.5) is 11.4 Å². The van der Waals surface area contributed by atoms with Gasteiger partial charge in [0.25, 0.3) is 5.91 Å². The minimum Gasteiger partial charge on any atom is -0.461 e. The van der Waals surface area contributed by atoms with Gasteiger partial charge in [0.15, 0.2) is 0 Å². The predicted octanol–water partition coefficient (Wildman–Crippen LogP) is 2.78. The van der Waals surface area contributed by atoms with Gasteiger partial charge in [-0.1, -0.05) is 25.7 Å². The number of hydrogen-bond donors (Lipinski definition) is 1. The highest BCUT2D eigenvalue weighted by molar-refractivity contribution is 6.05. The molecule has 3 heterocycles. The normalized spacial score (nSPS) is 30.7. The van der Waals surface area contributed by atoms with E-state index in [1.807, 2.05) is 38.1 Å². The van der Waals surface area contributed by atoms with Crippen molar-refractivity contribution < 1.29 is 29.0 Å². The molecule has 3 saturated heterocycles. The third-order valence-electron chi connectivity index (χ3n) is 8.85. The molecule has 3 fully saturated rings. The van der Waals surface area contributed by atoms with Crippen LogP contribution in [0.25, 0.3) is 0 Å². The lowest BCUT2D eigenvalue weighted by molar-refractivity contribution is -0.160. The Morgan fingerprint density at radius 2 is 1.82 bits per heavy atom. The lowest BCUT2D eigenvalue weighted by Gasteiger charge is -2.37. The molecule has 4 rings (SSSR count). The van der Waals surface area contributed by atoms with Gasteiger partial charge in [-0.2, -0.15) is 0 Å². The molecule has 9 nitrogen and oxygen atoms in total. The summed E-state index contributed by atoms with van der Waals surface area (Å²) >= 11 is 0. The Hall–Kier alpha value is -3.17. The Bertz CT molecular complexity index is 1120. The molecule has 2 bridgehead atoms. The molecule has 0 saturated carbocycles. The number of aliphatic hydroxyl groups excluding tert-OH is 1. The lowest BCUT2D eigenvalue weighted by Crippen LogP contribution is -2.57. The van der Waals surface area contributed by atoms with Crippen molar-refractivity contribution in [1.29, 1.82) is 0 Å². The zero-order valence-electron chi connectivity index (χ0n) is 23.5. The minimum atomic E-state index is -1.21. The number of fused-ring (bicyclic) bond motifs is 1. The van der Waals surface area contributed by atoms with Crippen LogP contribution < -0.4 is 9.80 Å². The Balaban J connectivity index is 1.76. The number of benzene rings is 1. The van der Waals surface area contributed by atoms with Gasteiger partial charge in [0.1, 0.15) is 24.2 Å². The molecule has 6 atom stereocenters. The van der Waals surface area contributed by atoms with Crippen molar-refractivity contribution in [2.45, 2.75) is 51.4 Å². The van der Waals surface area contributed by atoms with Crippen LogP contribution in [0, 0.1) is 17.8 Å². The Kier molecular flexibility index (Phi) is 8.23. The number of aliphatic hydroxyl groups is 1. The number of amides is 2. The van der Waals surface area contributed by atoms with Crippen LogP contribution in [0.2, 0.25) is 0 Å². The maximum atomic E-state index is 14.5. The van der Waals surface area contributed by atoms with E-state index in [-0.39, 0.29) is 44.0 Å². The second-order valence-corrected chi connectivity index (χ2v) is 10.8. The van der Waals surface area contributed by atoms with Gasteiger partial charge in [-0.3, -0.25) is 14.4 Å². The van der Waals surface area contributed by atoms with Gasteiger partial charge in [0.2, 0.25) is 5.91 Å². The van der Waals surface area contributed by atoms with Crippen molar-refractivity contribution in [2.75, 3.05) is 49.2 Å². The molecule has 3 aliphatic heterocycles. The lowest BCUT2D eigenvalue weighted by atomic mass is 9.62. The van der Waals surface area contributed by atoms with Crippen molar-refractivity contribution in [3.05, 3.63) is 49.6 Å². The summed E-state index contributed by atoms with van der Waals surface area (Å²) in [5, 5.41) is 9.87. The molecule has 1 aromatic carbocycles. The molecule has 9 heteroatoms. The van der Waals surface area contributed by atoms with E-state index in [0.29, 0.717) is 12.1 Å². The first-order chi connectivity index (χ1) is 18.6. The van der Waals surface area contributed by atoms with E-state index in [2.05, 4.69) is 31.9 Å². The van der Waals surface area contributed by atoms with E-state index < -0.39 is 35.0 Å². The molecule has 1 spiro atoms. The largest absolute Gasteiger partial charge is 0.461 e. The Morgan fingerprint density at radius 3 is 2.38 bits per heavy atom. The topological polar surface area (TPSA) is 99.6 Å². The van der Waals surface area contributed by atoms with Crippen molar-refractivity contribution in [3.8, 4) is 0 Å². The summed E-state index contributed by atoms with van der Waals surface area (Å²) in [4.78, 5) is 46.9. The molecule has 0 aromatic heterocycles. The smallest absolute Gasteiger partial charge is 0.313 e. The fourth-order valence-electron chi connectivity index (χ4n) is 6.99. The first kappa shape index (κ1) is 28.8. The molecular formula is C30H41N3O6. The van der Waals surface area contributed by atoms with Gasteiger partial charge in [0, 0.05) is 37.6 Å². The first-order valence-electron chi connectivity index (χ1n) is 13.8. The highest BCUT2D eigenvalue weighted by atomic mass is 16.6. The van der Waals surface area contributed by atoms with Crippen LogP contribution in [0.1, 0.15) is 34.1 Å². The number of hydrogen-bond acceptors (Lipinski definition) is 7. The first-order valence-corrected chi connectivity index (χ1v) is 13.8. The second-order valence-electron chi connectivity index (χ2n) is 10.8. The summed E-state index contributed by atoms with van der Waals surface area (Å²) in [6, 6.07) is 6.73. The van der Waals surface area contributed by atoms with E-state index >= 15 is 0 Å². The maximum Gasteiger partial charge on any atom is 0.313 e. The molecule has 3 aliphatic rings. The van der Waals surface area contributed by atoms with Crippen molar-refractivity contribution in [3.63, 3.8) is 0 Å². The number of carbonyl (C=O) groups excluding carboxylic acids is 3. The van der Waals surface area contributed by atoms with E-state index in [1.165, 1.54) is 11.0 Å².